The second kappa shape index (κ2) is 7.34. The molecule has 1 fully saturated rings. The van der Waals surface area contributed by atoms with E-state index in [1.165, 1.54) is 0 Å². The van der Waals surface area contributed by atoms with Gasteiger partial charge in [-0.05, 0) is 43.9 Å². The van der Waals surface area contributed by atoms with Crippen molar-refractivity contribution in [1.29, 1.82) is 0 Å². The third-order valence-electron chi connectivity index (χ3n) is 4.74. The number of thiazole rings is 1. The summed E-state index contributed by atoms with van der Waals surface area (Å²) >= 11 is 1.66. The molecule has 128 valence electrons. The summed E-state index contributed by atoms with van der Waals surface area (Å²) in [5.74, 6) is 0.935. The van der Waals surface area contributed by atoms with E-state index in [0.717, 1.165) is 47.8 Å². The predicted octanol–water partition coefficient (Wildman–Crippen LogP) is 4.32. The maximum atomic E-state index is 13.2. The Labute approximate surface area is 147 Å². The molecule has 0 spiro atoms. The fourth-order valence-corrected chi connectivity index (χ4v) is 4.12. The molecule has 0 aliphatic carbocycles. The molecule has 4 nitrogen and oxygen atoms in total. The van der Waals surface area contributed by atoms with Crippen LogP contribution in [0.25, 0.3) is 0 Å². The number of benzene rings is 1. The summed E-state index contributed by atoms with van der Waals surface area (Å²) in [4.78, 5) is 19.8. The lowest BCUT2D eigenvalue weighted by Gasteiger charge is -2.28. The number of rotatable bonds is 5. The van der Waals surface area contributed by atoms with Crippen LogP contribution in [0, 0.1) is 6.92 Å². The summed E-state index contributed by atoms with van der Waals surface area (Å²) < 4.78 is 5.22. The second-order valence-electron chi connectivity index (χ2n) is 6.22. The molecule has 5 heteroatoms. The van der Waals surface area contributed by atoms with Gasteiger partial charge in [-0.15, -0.1) is 11.3 Å². The molecule has 0 saturated carbocycles. The van der Waals surface area contributed by atoms with E-state index in [1.54, 1.807) is 18.4 Å². The highest BCUT2D eigenvalue weighted by Gasteiger charge is 2.35. The molecular formula is C19H24N2O2S. The van der Waals surface area contributed by atoms with Gasteiger partial charge in [0, 0.05) is 11.9 Å². The number of likely N-dealkylation sites (tertiary alicyclic amines) is 1. The molecule has 2 heterocycles. The van der Waals surface area contributed by atoms with Crippen LogP contribution in [0.15, 0.2) is 29.6 Å². The van der Waals surface area contributed by atoms with Crippen molar-refractivity contribution in [2.75, 3.05) is 13.7 Å². The number of aromatic nitrogens is 1. The SMILES string of the molecule is CC[C@H](C(=O)N1CCC[C@@H]1c1csc(C)n1)c1ccc(OC)cc1. The van der Waals surface area contributed by atoms with Crippen molar-refractivity contribution in [2.45, 2.75) is 45.1 Å². The van der Waals surface area contributed by atoms with Crippen LogP contribution in [0.3, 0.4) is 0 Å². The summed E-state index contributed by atoms with van der Waals surface area (Å²) in [6, 6.07) is 7.99. The van der Waals surface area contributed by atoms with Crippen LogP contribution >= 0.6 is 11.3 Å². The first-order valence-electron chi connectivity index (χ1n) is 8.50. The first-order valence-corrected chi connectivity index (χ1v) is 9.38. The van der Waals surface area contributed by atoms with Crippen LogP contribution in [0.1, 0.15) is 54.4 Å². The molecular weight excluding hydrogens is 320 g/mol. The van der Waals surface area contributed by atoms with Crippen LogP contribution in [-0.4, -0.2) is 29.4 Å². The average Bonchev–Trinajstić information content (AvgIpc) is 3.24. The zero-order chi connectivity index (χ0) is 17.1. The van der Waals surface area contributed by atoms with Crippen LogP contribution < -0.4 is 4.74 Å². The van der Waals surface area contributed by atoms with Gasteiger partial charge in [-0.2, -0.15) is 0 Å². The molecule has 2 aromatic rings. The Morgan fingerprint density at radius 3 is 2.75 bits per heavy atom. The van der Waals surface area contributed by atoms with Gasteiger partial charge in [-0.25, -0.2) is 4.98 Å². The summed E-state index contributed by atoms with van der Waals surface area (Å²) in [7, 11) is 1.65. The Hall–Kier alpha value is -1.88. The van der Waals surface area contributed by atoms with Gasteiger partial charge < -0.3 is 9.64 Å². The second-order valence-corrected chi connectivity index (χ2v) is 7.28. The highest BCUT2D eigenvalue weighted by Crippen LogP contribution is 2.36. The lowest BCUT2D eigenvalue weighted by Crippen LogP contribution is -2.34. The lowest BCUT2D eigenvalue weighted by atomic mass is 9.94. The van der Waals surface area contributed by atoms with Crippen LogP contribution in [0.4, 0.5) is 0 Å². The van der Waals surface area contributed by atoms with Gasteiger partial charge in [0.1, 0.15) is 5.75 Å². The fourth-order valence-electron chi connectivity index (χ4n) is 3.46. The number of methoxy groups -OCH3 is 1. The smallest absolute Gasteiger partial charge is 0.230 e. The van der Waals surface area contributed by atoms with Crippen molar-refractivity contribution in [2.24, 2.45) is 0 Å². The fraction of sp³-hybridized carbons (Fsp3) is 0.474. The van der Waals surface area contributed by atoms with Gasteiger partial charge in [0.05, 0.1) is 29.8 Å². The quantitative estimate of drug-likeness (QED) is 0.811. The summed E-state index contributed by atoms with van der Waals surface area (Å²) in [6.45, 7) is 4.92. The molecule has 0 N–H and O–H groups in total. The number of hydrogen-bond donors (Lipinski definition) is 0. The van der Waals surface area contributed by atoms with E-state index in [-0.39, 0.29) is 17.9 Å². The monoisotopic (exact) mass is 344 g/mol. The first-order chi connectivity index (χ1) is 11.6. The number of carbonyl (C=O) groups is 1. The average molecular weight is 344 g/mol. The number of hydrogen-bond acceptors (Lipinski definition) is 4. The minimum atomic E-state index is -0.101. The minimum Gasteiger partial charge on any atom is -0.497 e. The molecule has 1 aromatic carbocycles. The maximum Gasteiger partial charge on any atom is 0.230 e. The van der Waals surface area contributed by atoms with E-state index in [1.807, 2.05) is 36.1 Å². The Balaban J connectivity index is 1.81. The van der Waals surface area contributed by atoms with E-state index in [4.69, 9.17) is 4.74 Å². The highest BCUT2D eigenvalue weighted by molar-refractivity contribution is 7.09. The van der Waals surface area contributed by atoms with E-state index in [2.05, 4.69) is 17.3 Å². The standard InChI is InChI=1S/C19H24N2O2S/c1-4-16(14-7-9-15(23-3)10-8-14)19(22)21-11-5-6-18(21)17-12-24-13(2)20-17/h7-10,12,16,18H,4-6,11H2,1-3H3/t16-,18+/m0/s1. The third-order valence-corrected chi connectivity index (χ3v) is 5.53. The van der Waals surface area contributed by atoms with Crippen molar-refractivity contribution in [3.05, 3.63) is 45.9 Å². The van der Waals surface area contributed by atoms with Crippen LogP contribution in [-0.2, 0) is 4.79 Å². The van der Waals surface area contributed by atoms with E-state index in [9.17, 15) is 4.79 Å². The van der Waals surface area contributed by atoms with Crippen molar-refractivity contribution in [1.82, 2.24) is 9.88 Å². The Morgan fingerprint density at radius 1 is 1.42 bits per heavy atom. The number of ether oxygens (including phenoxy) is 1. The van der Waals surface area contributed by atoms with Crippen molar-refractivity contribution >= 4 is 17.2 Å². The minimum absolute atomic E-state index is 0.101. The van der Waals surface area contributed by atoms with Crippen LogP contribution in [0.5, 0.6) is 5.75 Å². The van der Waals surface area contributed by atoms with Gasteiger partial charge >= 0.3 is 0 Å². The molecule has 3 rings (SSSR count). The summed E-state index contributed by atoms with van der Waals surface area (Å²) in [6.07, 6.45) is 2.85. The van der Waals surface area contributed by atoms with Crippen molar-refractivity contribution in [3.63, 3.8) is 0 Å². The largest absolute Gasteiger partial charge is 0.497 e. The number of aryl methyl sites for hydroxylation is 1. The molecule has 1 saturated heterocycles. The zero-order valence-corrected chi connectivity index (χ0v) is 15.3. The van der Waals surface area contributed by atoms with Crippen molar-refractivity contribution < 1.29 is 9.53 Å². The topological polar surface area (TPSA) is 42.4 Å². The highest BCUT2D eigenvalue weighted by atomic mass is 32.1. The van der Waals surface area contributed by atoms with Gasteiger partial charge in [0.25, 0.3) is 0 Å². The molecule has 0 bridgehead atoms. The molecule has 0 radical (unpaired) electrons. The Bertz CT molecular complexity index is 696. The van der Waals surface area contributed by atoms with Crippen molar-refractivity contribution in [3.8, 4) is 5.75 Å². The molecule has 2 atom stereocenters. The number of amides is 1. The molecule has 1 amide bonds. The van der Waals surface area contributed by atoms with E-state index >= 15 is 0 Å². The van der Waals surface area contributed by atoms with E-state index < -0.39 is 0 Å². The zero-order valence-electron chi connectivity index (χ0n) is 14.5. The molecule has 1 aliphatic rings. The Kier molecular flexibility index (Phi) is 5.19. The van der Waals surface area contributed by atoms with E-state index in [0.29, 0.717) is 0 Å². The predicted molar refractivity (Wildman–Crippen MR) is 96.6 cm³/mol. The molecule has 1 aromatic heterocycles. The normalized spacial score (nSPS) is 18.6. The van der Waals surface area contributed by atoms with Gasteiger partial charge in [-0.3, -0.25) is 4.79 Å². The summed E-state index contributed by atoms with van der Waals surface area (Å²) in [5, 5.41) is 3.16. The number of carbonyl (C=O) groups excluding carboxylic acids is 1. The lowest BCUT2D eigenvalue weighted by molar-refractivity contribution is -0.134. The number of nitrogens with zero attached hydrogens (tertiary/aromatic N) is 2. The maximum absolute atomic E-state index is 13.2. The molecule has 0 unspecified atom stereocenters. The third kappa shape index (κ3) is 3.31. The van der Waals surface area contributed by atoms with Crippen LogP contribution in [0.2, 0.25) is 0 Å². The molecule has 1 aliphatic heterocycles. The molecule has 24 heavy (non-hydrogen) atoms. The summed E-state index contributed by atoms with van der Waals surface area (Å²) in [5.41, 5.74) is 2.11. The first kappa shape index (κ1) is 17.0. The van der Waals surface area contributed by atoms with Gasteiger partial charge in [0.2, 0.25) is 5.91 Å². The van der Waals surface area contributed by atoms with Gasteiger partial charge in [0.15, 0.2) is 0 Å². The Morgan fingerprint density at radius 2 is 2.17 bits per heavy atom. The van der Waals surface area contributed by atoms with Gasteiger partial charge in [-0.1, -0.05) is 19.1 Å².